The molecular weight excluding hydrogens is 222 g/mol. The Bertz CT molecular complexity index is 274. The molecule has 0 amide bonds. The molecule has 0 saturated carbocycles. The Labute approximate surface area is 88.8 Å². The molecule has 0 bridgehead atoms. The fraction of sp³-hybridized carbons (Fsp3) is 1.00. The molecule has 0 aliphatic rings. The lowest BCUT2D eigenvalue weighted by Crippen LogP contribution is -2.31. The molecule has 0 aliphatic heterocycles. The largest absolute Gasteiger partial charge is 0.315 e. The highest BCUT2D eigenvalue weighted by molar-refractivity contribution is 7.91. The van der Waals surface area contributed by atoms with Crippen LogP contribution in [0.25, 0.3) is 0 Å². The highest BCUT2D eigenvalue weighted by Crippen LogP contribution is 1.90. The van der Waals surface area contributed by atoms with Gasteiger partial charge >= 0.3 is 0 Å². The molecule has 0 radical (unpaired) electrons. The van der Waals surface area contributed by atoms with Gasteiger partial charge in [-0.05, 0) is 6.92 Å². The van der Waals surface area contributed by atoms with Gasteiger partial charge in [0, 0.05) is 41.1 Å². The molecule has 2 atom stereocenters. The zero-order valence-corrected chi connectivity index (χ0v) is 10.6. The van der Waals surface area contributed by atoms with Crippen molar-refractivity contribution in [2.75, 3.05) is 30.9 Å². The van der Waals surface area contributed by atoms with Gasteiger partial charge in [-0.2, -0.15) is 0 Å². The van der Waals surface area contributed by atoms with Crippen LogP contribution in [0.3, 0.4) is 0 Å². The molecule has 0 aromatic carbocycles. The van der Waals surface area contributed by atoms with E-state index in [0.29, 0.717) is 13.1 Å². The predicted molar refractivity (Wildman–Crippen MR) is 60.7 cm³/mol. The van der Waals surface area contributed by atoms with Crippen molar-refractivity contribution in [2.45, 2.75) is 19.1 Å². The van der Waals surface area contributed by atoms with Gasteiger partial charge < -0.3 is 5.32 Å². The summed E-state index contributed by atoms with van der Waals surface area (Å²) in [6.07, 6.45) is 1.65. The Balaban J connectivity index is 3.62. The van der Waals surface area contributed by atoms with E-state index in [-0.39, 0.29) is 16.8 Å². The van der Waals surface area contributed by atoms with E-state index < -0.39 is 20.6 Å². The molecule has 0 aliphatic carbocycles. The topological polar surface area (TPSA) is 63.2 Å². The van der Waals surface area contributed by atoms with Crippen molar-refractivity contribution in [1.29, 1.82) is 0 Å². The van der Waals surface area contributed by atoms with Crippen molar-refractivity contribution in [2.24, 2.45) is 0 Å². The smallest absolute Gasteiger partial charge is 0.151 e. The fourth-order valence-electron chi connectivity index (χ4n) is 0.795. The van der Waals surface area contributed by atoms with Gasteiger partial charge in [0.25, 0.3) is 0 Å². The highest BCUT2D eigenvalue weighted by atomic mass is 32.2. The molecule has 2 unspecified atom stereocenters. The average molecular weight is 241 g/mol. The van der Waals surface area contributed by atoms with Crippen molar-refractivity contribution in [3.63, 3.8) is 0 Å². The van der Waals surface area contributed by atoms with Crippen LogP contribution in [0.15, 0.2) is 0 Å². The minimum absolute atomic E-state index is 0.0688. The van der Waals surface area contributed by atoms with Gasteiger partial charge in [-0.3, -0.25) is 4.21 Å². The first-order valence-corrected chi connectivity index (χ1v) is 8.06. The summed E-state index contributed by atoms with van der Waals surface area (Å²) in [5.41, 5.74) is 0. The minimum atomic E-state index is -2.88. The molecule has 6 heteroatoms. The Kier molecular flexibility index (Phi) is 6.55. The third-order valence-electron chi connectivity index (χ3n) is 2.03. The Morgan fingerprint density at radius 2 is 2.00 bits per heavy atom. The molecule has 0 rings (SSSR count). The Morgan fingerprint density at radius 1 is 1.43 bits per heavy atom. The molecule has 0 fully saturated rings. The maximum absolute atomic E-state index is 11.1. The average Bonchev–Trinajstić information content (AvgIpc) is 2.12. The fourth-order valence-corrected chi connectivity index (χ4v) is 1.89. The molecule has 0 spiro atoms. The summed E-state index contributed by atoms with van der Waals surface area (Å²) in [6, 6.07) is 0. The third kappa shape index (κ3) is 6.50. The quantitative estimate of drug-likeness (QED) is 0.626. The second-order valence-corrected chi connectivity index (χ2v) is 7.52. The van der Waals surface area contributed by atoms with Crippen LogP contribution in [0.4, 0.5) is 0 Å². The zero-order chi connectivity index (χ0) is 11.2. The van der Waals surface area contributed by atoms with Gasteiger partial charge in [0.2, 0.25) is 0 Å². The lowest BCUT2D eigenvalue weighted by atomic mass is 10.5. The minimum Gasteiger partial charge on any atom is -0.315 e. The lowest BCUT2D eigenvalue weighted by molar-refractivity contribution is 0.591. The molecule has 0 saturated heterocycles. The molecule has 4 nitrogen and oxygen atoms in total. The lowest BCUT2D eigenvalue weighted by Gasteiger charge is -2.09. The monoisotopic (exact) mass is 241 g/mol. The van der Waals surface area contributed by atoms with Crippen molar-refractivity contribution in [1.82, 2.24) is 5.32 Å². The van der Waals surface area contributed by atoms with Crippen LogP contribution in [-0.2, 0) is 20.6 Å². The van der Waals surface area contributed by atoms with Crippen LogP contribution in [0, 0.1) is 0 Å². The molecule has 0 heterocycles. The molecule has 0 aromatic heterocycles. The summed E-state index contributed by atoms with van der Waals surface area (Å²) in [5.74, 6) is 0.344. The van der Waals surface area contributed by atoms with Crippen molar-refractivity contribution < 1.29 is 12.6 Å². The molecule has 14 heavy (non-hydrogen) atoms. The van der Waals surface area contributed by atoms with E-state index in [9.17, 15) is 12.6 Å². The molecule has 86 valence electrons. The van der Waals surface area contributed by atoms with E-state index in [1.807, 2.05) is 6.92 Å². The van der Waals surface area contributed by atoms with Gasteiger partial charge in [-0.1, -0.05) is 6.92 Å². The van der Waals surface area contributed by atoms with E-state index in [0.717, 1.165) is 0 Å². The van der Waals surface area contributed by atoms with Crippen LogP contribution < -0.4 is 5.32 Å². The first kappa shape index (κ1) is 14.1. The number of rotatable bonds is 7. The summed E-state index contributed by atoms with van der Waals surface area (Å²) >= 11 is 0. The van der Waals surface area contributed by atoms with Gasteiger partial charge in [0.1, 0.15) is 0 Å². The van der Waals surface area contributed by atoms with Crippen molar-refractivity contribution in [3.8, 4) is 0 Å². The van der Waals surface area contributed by atoms with Crippen LogP contribution in [0.5, 0.6) is 0 Å². The number of hydrogen-bond donors (Lipinski definition) is 1. The first-order chi connectivity index (χ1) is 6.39. The Morgan fingerprint density at radius 3 is 2.43 bits per heavy atom. The number of nitrogens with one attached hydrogen (secondary N) is 1. The summed E-state index contributed by atoms with van der Waals surface area (Å²) in [4.78, 5) is 0. The molecule has 1 N–H and O–H groups in total. The van der Waals surface area contributed by atoms with Crippen LogP contribution in [-0.4, -0.2) is 48.7 Å². The second-order valence-electron chi connectivity index (χ2n) is 3.25. The van der Waals surface area contributed by atoms with Gasteiger partial charge in [0.15, 0.2) is 9.84 Å². The maximum Gasteiger partial charge on any atom is 0.151 e. The molecule has 0 aromatic rings. The first-order valence-electron chi connectivity index (χ1n) is 4.62. The summed E-state index contributed by atoms with van der Waals surface area (Å²) in [6.45, 7) is 4.55. The van der Waals surface area contributed by atoms with Crippen LogP contribution in [0.2, 0.25) is 0 Å². The van der Waals surface area contributed by atoms with Crippen LogP contribution in [0.1, 0.15) is 13.8 Å². The predicted octanol–water partition coefficient (Wildman–Crippen LogP) is -0.222. The van der Waals surface area contributed by atoms with E-state index in [1.54, 1.807) is 13.2 Å². The van der Waals surface area contributed by atoms with Crippen molar-refractivity contribution in [3.05, 3.63) is 0 Å². The van der Waals surface area contributed by atoms with Crippen LogP contribution >= 0.6 is 0 Å². The van der Waals surface area contributed by atoms with E-state index in [4.69, 9.17) is 0 Å². The summed E-state index contributed by atoms with van der Waals surface area (Å²) < 4.78 is 33.1. The summed E-state index contributed by atoms with van der Waals surface area (Å²) in [7, 11) is -3.72. The highest BCUT2D eigenvalue weighted by Gasteiger charge is 2.08. The maximum atomic E-state index is 11.1. The summed E-state index contributed by atoms with van der Waals surface area (Å²) in [5, 5.41) is 3.05. The third-order valence-corrected chi connectivity index (χ3v) is 5.03. The SMILES string of the molecule is CCS(=O)(=O)CCNCC(C)S(C)=O. The van der Waals surface area contributed by atoms with E-state index >= 15 is 0 Å². The number of hydrogen-bond acceptors (Lipinski definition) is 4. The number of sulfone groups is 1. The van der Waals surface area contributed by atoms with Gasteiger partial charge in [-0.15, -0.1) is 0 Å². The van der Waals surface area contributed by atoms with Gasteiger partial charge in [0.05, 0.1) is 5.75 Å². The van der Waals surface area contributed by atoms with E-state index in [2.05, 4.69) is 5.32 Å². The zero-order valence-electron chi connectivity index (χ0n) is 8.95. The Hall–Kier alpha value is 0.0600. The normalized spacial score (nSPS) is 16.5. The van der Waals surface area contributed by atoms with E-state index in [1.165, 1.54) is 0 Å². The molecular formula is C8H19NO3S2. The van der Waals surface area contributed by atoms with Crippen molar-refractivity contribution >= 4 is 20.6 Å². The van der Waals surface area contributed by atoms with Gasteiger partial charge in [-0.25, -0.2) is 8.42 Å². The standard InChI is InChI=1S/C8H19NO3S2/c1-4-14(11,12)6-5-9-7-8(2)13(3)10/h8-9H,4-7H2,1-3H3. The second kappa shape index (κ2) is 6.53.